The lowest BCUT2D eigenvalue weighted by Gasteiger charge is -2.22. The lowest BCUT2D eigenvalue weighted by Crippen LogP contribution is -2.23. The maximum absolute atomic E-state index is 12.7. The Balaban J connectivity index is 1.84. The summed E-state index contributed by atoms with van der Waals surface area (Å²) in [6.45, 7) is 5.09. The van der Waals surface area contributed by atoms with Gasteiger partial charge in [-0.25, -0.2) is 0 Å². The summed E-state index contributed by atoms with van der Waals surface area (Å²) in [6.07, 6.45) is 1.40. The average Bonchev–Trinajstić information content (AvgIpc) is 2.92. The normalized spacial score (nSPS) is 10.7. The van der Waals surface area contributed by atoms with E-state index in [1.165, 1.54) is 30.3 Å². The number of hydrogen-bond donors (Lipinski definition) is 2. The van der Waals surface area contributed by atoms with Crippen LogP contribution < -0.4 is 20.3 Å². The van der Waals surface area contributed by atoms with E-state index < -0.39 is 23.3 Å². The van der Waals surface area contributed by atoms with Gasteiger partial charge in [-0.05, 0) is 50.3 Å². The Morgan fingerprint density at radius 1 is 1.00 bits per heavy atom. The van der Waals surface area contributed by atoms with Crippen molar-refractivity contribution in [2.24, 2.45) is 0 Å². The Morgan fingerprint density at radius 3 is 2.37 bits per heavy atom. The molecule has 0 fully saturated rings. The number of amides is 2. The zero-order chi connectivity index (χ0) is 27.5. The number of ether oxygens (including phenoxy) is 1. The van der Waals surface area contributed by atoms with Crippen LogP contribution in [-0.4, -0.2) is 36.4 Å². The molecular formula is C28H27N5O5. The number of rotatable bonds is 11. The number of nitrogens with zero attached hydrogens (tertiary/aromatic N) is 3. The Hall–Kier alpha value is -5.17. The van der Waals surface area contributed by atoms with Crippen LogP contribution >= 0.6 is 0 Å². The average molecular weight is 514 g/mol. The van der Waals surface area contributed by atoms with E-state index >= 15 is 0 Å². The van der Waals surface area contributed by atoms with Gasteiger partial charge in [0.2, 0.25) is 0 Å². The third-order valence-electron chi connectivity index (χ3n) is 5.52. The number of hydrogen-bond acceptors (Lipinski definition) is 7. The highest BCUT2D eigenvalue weighted by Gasteiger charge is 2.15. The molecular weight excluding hydrogens is 486 g/mol. The highest BCUT2D eigenvalue weighted by atomic mass is 16.6. The van der Waals surface area contributed by atoms with Gasteiger partial charge < -0.3 is 20.3 Å². The Morgan fingerprint density at radius 2 is 1.71 bits per heavy atom. The van der Waals surface area contributed by atoms with Gasteiger partial charge in [-0.1, -0.05) is 24.3 Å². The van der Waals surface area contributed by atoms with Gasteiger partial charge in [-0.3, -0.25) is 19.7 Å². The highest BCUT2D eigenvalue weighted by molar-refractivity contribution is 6.09. The molecule has 3 aromatic carbocycles. The molecule has 10 nitrogen and oxygen atoms in total. The number of non-ortho nitro benzene ring substituents is 1. The van der Waals surface area contributed by atoms with Crippen molar-refractivity contribution in [3.05, 3.63) is 94.0 Å². The zero-order valence-corrected chi connectivity index (χ0v) is 21.0. The zero-order valence-electron chi connectivity index (χ0n) is 21.0. The predicted molar refractivity (Wildman–Crippen MR) is 146 cm³/mol. The molecule has 0 atom stereocenters. The maximum atomic E-state index is 12.7. The van der Waals surface area contributed by atoms with E-state index in [9.17, 15) is 25.0 Å². The number of carbonyl (C=O) groups is 2. The van der Waals surface area contributed by atoms with E-state index in [1.807, 2.05) is 32.0 Å². The fourth-order valence-electron chi connectivity index (χ4n) is 3.61. The smallest absolute Gasteiger partial charge is 0.271 e. The maximum Gasteiger partial charge on any atom is 0.271 e. The number of anilines is 3. The predicted octanol–water partition coefficient (Wildman–Crippen LogP) is 5.00. The van der Waals surface area contributed by atoms with E-state index in [1.54, 1.807) is 36.4 Å². The van der Waals surface area contributed by atoms with Crippen molar-refractivity contribution in [1.82, 2.24) is 0 Å². The Kier molecular flexibility index (Phi) is 9.54. The molecule has 3 rings (SSSR count). The number of nitrogens with one attached hydrogen (secondary N) is 2. The van der Waals surface area contributed by atoms with Crippen LogP contribution in [0.15, 0.2) is 78.4 Å². The second-order valence-electron chi connectivity index (χ2n) is 8.03. The molecule has 10 heteroatoms. The first-order valence-corrected chi connectivity index (χ1v) is 11.9. The second-order valence-corrected chi connectivity index (χ2v) is 8.03. The summed E-state index contributed by atoms with van der Waals surface area (Å²) in [5.74, 6) is -0.819. The fourth-order valence-corrected chi connectivity index (χ4v) is 3.61. The summed E-state index contributed by atoms with van der Waals surface area (Å²) >= 11 is 0. The van der Waals surface area contributed by atoms with Gasteiger partial charge >= 0.3 is 0 Å². The molecule has 0 aromatic heterocycles. The van der Waals surface area contributed by atoms with Crippen LogP contribution in [0.25, 0.3) is 6.08 Å². The van der Waals surface area contributed by atoms with Crippen LogP contribution in [0.5, 0.6) is 5.75 Å². The van der Waals surface area contributed by atoms with Gasteiger partial charge in [0.1, 0.15) is 17.4 Å². The van der Waals surface area contributed by atoms with Gasteiger partial charge in [-0.15, -0.1) is 0 Å². The van der Waals surface area contributed by atoms with E-state index in [2.05, 4.69) is 15.5 Å². The molecule has 0 radical (unpaired) electrons. The van der Waals surface area contributed by atoms with Crippen LogP contribution in [0.3, 0.4) is 0 Å². The quantitative estimate of drug-likeness (QED) is 0.159. The second kappa shape index (κ2) is 13.2. The summed E-state index contributed by atoms with van der Waals surface area (Å²) in [5, 5.41) is 25.9. The first kappa shape index (κ1) is 27.4. The number of carbonyl (C=O) groups excluding carboxylic acids is 2. The molecule has 0 aliphatic carbocycles. The number of para-hydroxylation sites is 1. The summed E-state index contributed by atoms with van der Waals surface area (Å²) in [7, 11) is 0. The minimum absolute atomic E-state index is 0.143. The molecule has 0 spiro atoms. The molecule has 0 saturated heterocycles. The molecule has 0 unspecified atom stereocenters. The van der Waals surface area contributed by atoms with Crippen LogP contribution in [0.1, 0.15) is 19.4 Å². The first-order chi connectivity index (χ1) is 18.3. The fraction of sp³-hybridized carbons (Fsp3) is 0.179. The third kappa shape index (κ3) is 7.41. The van der Waals surface area contributed by atoms with Crippen LogP contribution in [-0.2, 0) is 9.59 Å². The van der Waals surface area contributed by atoms with Crippen molar-refractivity contribution >= 4 is 40.6 Å². The monoisotopic (exact) mass is 513 g/mol. The Labute approximate surface area is 220 Å². The molecule has 194 valence electrons. The number of nitriles is 1. The third-order valence-corrected chi connectivity index (χ3v) is 5.52. The lowest BCUT2D eigenvalue weighted by molar-refractivity contribution is -0.384. The van der Waals surface area contributed by atoms with Crippen molar-refractivity contribution in [1.29, 1.82) is 5.26 Å². The number of nitro groups is 1. The molecule has 0 saturated carbocycles. The van der Waals surface area contributed by atoms with Gasteiger partial charge in [-0.2, -0.15) is 5.26 Å². The molecule has 38 heavy (non-hydrogen) atoms. The van der Waals surface area contributed by atoms with Crippen molar-refractivity contribution in [2.45, 2.75) is 13.8 Å². The largest absolute Gasteiger partial charge is 0.483 e. The van der Waals surface area contributed by atoms with E-state index in [4.69, 9.17) is 4.74 Å². The van der Waals surface area contributed by atoms with Gasteiger partial charge in [0.25, 0.3) is 17.5 Å². The summed E-state index contributed by atoms with van der Waals surface area (Å²) in [4.78, 5) is 37.8. The molecule has 2 amide bonds. The topological polar surface area (TPSA) is 138 Å². The molecule has 3 aromatic rings. The SMILES string of the molecule is CCN(CC)c1ccc(/C=C(\C#N)C(=O)Nc2ccccc2)c(OCC(=O)Nc2cccc([N+](=O)[O-])c2)c1. The van der Waals surface area contributed by atoms with Crippen molar-refractivity contribution < 1.29 is 19.2 Å². The molecule has 0 aliphatic rings. The van der Waals surface area contributed by atoms with Crippen molar-refractivity contribution in [2.75, 3.05) is 35.2 Å². The molecule has 0 heterocycles. The van der Waals surface area contributed by atoms with E-state index in [0.29, 0.717) is 17.0 Å². The summed E-state index contributed by atoms with van der Waals surface area (Å²) in [5.41, 5.74) is 1.78. The lowest BCUT2D eigenvalue weighted by atomic mass is 10.1. The van der Waals surface area contributed by atoms with Gasteiger partial charge in [0.15, 0.2) is 6.61 Å². The molecule has 2 N–H and O–H groups in total. The Bertz CT molecular complexity index is 1380. The first-order valence-electron chi connectivity index (χ1n) is 11.9. The van der Waals surface area contributed by atoms with Gasteiger partial charge in [0, 0.05) is 53.9 Å². The van der Waals surface area contributed by atoms with Crippen LogP contribution in [0, 0.1) is 21.4 Å². The van der Waals surface area contributed by atoms with Crippen LogP contribution in [0.4, 0.5) is 22.7 Å². The van der Waals surface area contributed by atoms with Crippen LogP contribution in [0.2, 0.25) is 0 Å². The summed E-state index contributed by atoms with van der Waals surface area (Å²) in [6, 6.07) is 21.6. The minimum atomic E-state index is -0.583. The number of nitro benzene ring substituents is 1. The molecule has 0 aliphatic heterocycles. The number of benzene rings is 3. The van der Waals surface area contributed by atoms with E-state index in [0.717, 1.165) is 18.8 Å². The summed E-state index contributed by atoms with van der Waals surface area (Å²) < 4.78 is 5.81. The standard InChI is InChI=1S/C28H27N5O5/c1-3-32(4-2)24-14-13-20(15-21(18-29)28(35)31-22-9-6-5-7-10-22)26(17-24)38-19-27(34)30-23-11-8-12-25(16-23)33(36)37/h5-17H,3-4,19H2,1-2H3,(H,30,34)(H,31,35)/b21-15+. The highest BCUT2D eigenvalue weighted by Crippen LogP contribution is 2.28. The van der Waals surface area contributed by atoms with Crippen molar-refractivity contribution in [3.8, 4) is 11.8 Å². The minimum Gasteiger partial charge on any atom is -0.483 e. The van der Waals surface area contributed by atoms with Crippen molar-refractivity contribution in [3.63, 3.8) is 0 Å². The van der Waals surface area contributed by atoms with E-state index in [-0.39, 0.29) is 16.9 Å². The van der Waals surface area contributed by atoms with Gasteiger partial charge in [0.05, 0.1) is 4.92 Å². The molecule has 0 bridgehead atoms.